The average Bonchev–Trinajstić information content (AvgIpc) is 2.55. The molecule has 0 atom stereocenters. The van der Waals surface area contributed by atoms with E-state index >= 15 is 0 Å². The molecule has 0 spiro atoms. The first kappa shape index (κ1) is 17.2. The Kier molecular flexibility index (Phi) is 6.08. The Morgan fingerprint density at radius 2 is 1.33 bits per heavy atom. The van der Waals surface area contributed by atoms with E-state index in [4.69, 9.17) is 9.47 Å². The minimum atomic E-state index is -0.767. The fourth-order valence-corrected chi connectivity index (χ4v) is 1.85. The van der Waals surface area contributed by atoms with Crippen LogP contribution in [0.4, 0.5) is 0 Å². The maximum atomic E-state index is 12.0. The van der Waals surface area contributed by atoms with Gasteiger partial charge in [-0.2, -0.15) is 0 Å². The Labute approximate surface area is 139 Å². The number of rotatable bonds is 6. The average molecular weight is 328 g/mol. The van der Waals surface area contributed by atoms with Gasteiger partial charge in [-0.25, -0.2) is 4.79 Å². The van der Waals surface area contributed by atoms with E-state index in [1.165, 1.54) is 19.1 Å². The van der Waals surface area contributed by atoms with E-state index in [9.17, 15) is 14.4 Å². The Morgan fingerprint density at radius 1 is 0.792 bits per heavy atom. The molecule has 0 aliphatic rings. The lowest BCUT2D eigenvalue weighted by Crippen LogP contribution is -2.18. The van der Waals surface area contributed by atoms with Crippen molar-refractivity contribution in [3.05, 3.63) is 60.2 Å². The minimum Gasteiger partial charge on any atom is -0.454 e. The third-order valence-electron chi connectivity index (χ3n) is 2.88. The zero-order chi connectivity index (χ0) is 17.4. The molecule has 0 radical (unpaired) electrons. The number of benzene rings is 2. The second kappa shape index (κ2) is 8.47. The molecule has 24 heavy (non-hydrogen) atoms. The summed E-state index contributed by atoms with van der Waals surface area (Å²) in [4.78, 5) is 34.3. The molecule has 0 saturated carbocycles. The fraction of sp³-hybridized carbons (Fsp3) is 0.167. The van der Waals surface area contributed by atoms with Crippen molar-refractivity contribution in [3.63, 3.8) is 0 Å². The van der Waals surface area contributed by atoms with Gasteiger partial charge in [0.05, 0.1) is 6.42 Å². The Hall–Kier alpha value is -3.15. The number of ether oxygens (including phenoxy) is 3. The molecule has 2 aromatic carbocycles. The predicted octanol–water partition coefficient (Wildman–Crippen LogP) is 2.30. The lowest BCUT2D eigenvalue weighted by Gasteiger charge is -2.10. The highest BCUT2D eigenvalue weighted by Crippen LogP contribution is 2.27. The molecule has 0 amide bonds. The quantitative estimate of drug-likeness (QED) is 0.598. The van der Waals surface area contributed by atoms with Crippen LogP contribution in [0.2, 0.25) is 0 Å². The van der Waals surface area contributed by atoms with Gasteiger partial charge in [0.25, 0.3) is 0 Å². The Balaban J connectivity index is 1.99. The third kappa shape index (κ3) is 5.57. The van der Waals surface area contributed by atoms with Gasteiger partial charge in [-0.1, -0.05) is 42.5 Å². The van der Waals surface area contributed by atoms with Crippen LogP contribution in [0.25, 0.3) is 0 Å². The van der Waals surface area contributed by atoms with Crippen molar-refractivity contribution >= 4 is 17.9 Å². The molecule has 0 saturated heterocycles. The number of para-hydroxylation sites is 2. The fourth-order valence-electron chi connectivity index (χ4n) is 1.85. The summed E-state index contributed by atoms with van der Waals surface area (Å²) in [5, 5.41) is 0. The summed E-state index contributed by atoms with van der Waals surface area (Å²) in [5.74, 6) is -1.64. The van der Waals surface area contributed by atoms with Gasteiger partial charge in [-0.3, -0.25) is 9.59 Å². The number of carbonyl (C=O) groups is 3. The molecular formula is C18H16O6. The second-order valence-electron chi connectivity index (χ2n) is 4.84. The largest absolute Gasteiger partial charge is 0.454 e. The summed E-state index contributed by atoms with van der Waals surface area (Å²) < 4.78 is 14.9. The van der Waals surface area contributed by atoms with E-state index in [-0.39, 0.29) is 17.9 Å². The van der Waals surface area contributed by atoms with Crippen LogP contribution < -0.4 is 9.47 Å². The van der Waals surface area contributed by atoms with Gasteiger partial charge in [-0.15, -0.1) is 0 Å². The first-order valence-corrected chi connectivity index (χ1v) is 7.22. The molecule has 2 aromatic rings. The van der Waals surface area contributed by atoms with E-state index in [2.05, 4.69) is 4.74 Å². The molecule has 6 nitrogen and oxygen atoms in total. The summed E-state index contributed by atoms with van der Waals surface area (Å²) in [5.41, 5.74) is 0.812. The van der Waals surface area contributed by atoms with Gasteiger partial charge in [-0.05, 0) is 17.7 Å². The molecule has 0 heterocycles. The lowest BCUT2D eigenvalue weighted by molar-refractivity contribution is -0.152. The van der Waals surface area contributed by atoms with E-state index in [0.29, 0.717) is 0 Å². The van der Waals surface area contributed by atoms with Crippen molar-refractivity contribution in [2.24, 2.45) is 0 Å². The maximum absolute atomic E-state index is 12.0. The summed E-state index contributed by atoms with van der Waals surface area (Å²) in [6, 6.07) is 15.4. The first-order chi connectivity index (χ1) is 11.5. The number of hydrogen-bond acceptors (Lipinski definition) is 6. The molecule has 124 valence electrons. The molecule has 0 fully saturated rings. The molecule has 0 N–H and O–H groups in total. The van der Waals surface area contributed by atoms with Crippen molar-refractivity contribution in [2.75, 3.05) is 6.61 Å². The highest BCUT2D eigenvalue weighted by molar-refractivity contribution is 5.79. The molecule has 0 aliphatic carbocycles. The van der Waals surface area contributed by atoms with Crippen LogP contribution in [0.5, 0.6) is 11.5 Å². The van der Waals surface area contributed by atoms with Gasteiger partial charge in [0.15, 0.2) is 18.1 Å². The van der Waals surface area contributed by atoms with Crippen LogP contribution in [0.3, 0.4) is 0 Å². The van der Waals surface area contributed by atoms with Gasteiger partial charge < -0.3 is 14.2 Å². The molecular weight excluding hydrogens is 312 g/mol. The van der Waals surface area contributed by atoms with Gasteiger partial charge in [0, 0.05) is 6.92 Å². The Morgan fingerprint density at radius 3 is 1.92 bits per heavy atom. The third-order valence-corrected chi connectivity index (χ3v) is 2.88. The normalized spacial score (nSPS) is 9.88. The topological polar surface area (TPSA) is 78.9 Å². The number of esters is 3. The zero-order valence-corrected chi connectivity index (χ0v) is 13.1. The van der Waals surface area contributed by atoms with Gasteiger partial charge in [0.2, 0.25) is 0 Å². The zero-order valence-electron chi connectivity index (χ0n) is 13.1. The van der Waals surface area contributed by atoms with E-state index < -0.39 is 24.5 Å². The van der Waals surface area contributed by atoms with Crippen molar-refractivity contribution in [1.82, 2.24) is 0 Å². The van der Waals surface area contributed by atoms with Crippen molar-refractivity contribution in [1.29, 1.82) is 0 Å². The van der Waals surface area contributed by atoms with Crippen molar-refractivity contribution in [2.45, 2.75) is 13.3 Å². The smallest absolute Gasteiger partial charge is 0.349 e. The van der Waals surface area contributed by atoms with E-state index in [0.717, 1.165) is 5.56 Å². The monoisotopic (exact) mass is 328 g/mol. The van der Waals surface area contributed by atoms with Gasteiger partial charge >= 0.3 is 17.9 Å². The molecule has 0 unspecified atom stereocenters. The molecule has 2 rings (SSSR count). The Bertz CT molecular complexity index is 723. The minimum absolute atomic E-state index is 0.0797. The highest BCUT2D eigenvalue weighted by Gasteiger charge is 2.14. The summed E-state index contributed by atoms with van der Waals surface area (Å²) in [7, 11) is 0. The van der Waals surface area contributed by atoms with E-state index in [1.807, 2.05) is 30.3 Å². The first-order valence-electron chi connectivity index (χ1n) is 7.22. The van der Waals surface area contributed by atoms with Crippen LogP contribution in [0.1, 0.15) is 12.5 Å². The standard InChI is InChI=1S/C18H16O6/c1-13(19)22-12-18(21)24-16-10-6-5-9-15(16)23-17(20)11-14-7-3-2-4-8-14/h2-10H,11-12H2,1H3. The second-order valence-corrected chi connectivity index (χ2v) is 4.84. The van der Waals surface area contributed by atoms with Crippen LogP contribution in [-0.4, -0.2) is 24.5 Å². The van der Waals surface area contributed by atoms with E-state index in [1.54, 1.807) is 12.1 Å². The summed E-state index contributed by atoms with van der Waals surface area (Å²) >= 11 is 0. The summed E-state index contributed by atoms with van der Waals surface area (Å²) in [6.07, 6.45) is 0.0938. The number of carbonyl (C=O) groups excluding carboxylic acids is 3. The highest BCUT2D eigenvalue weighted by atomic mass is 16.6. The van der Waals surface area contributed by atoms with Crippen LogP contribution in [0, 0.1) is 0 Å². The predicted molar refractivity (Wildman–Crippen MR) is 84.5 cm³/mol. The van der Waals surface area contributed by atoms with Crippen molar-refractivity contribution < 1.29 is 28.6 Å². The van der Waals surface area contributed by atoms with Gasteiger partial charge in [0.1, 0.15) is 0 Å². The molecule has 0 aliphatic heterocycles. The SMILES string of the molecule is CC(=O)OCC(=O)Oc1ccccc1OC(=O)Cc1ccccc1. The van der Waals surface area contributed by atoms with Crippen LogP contribution >= 0.6 is 0 Å². The maximum Gasteiger partial charge on any atom is 0.349 e. The number of hydrogen-bond donors (Lipinski definition) is 0. The van der Waals surface area contributed by atoms with Crippen molar-refractivity contribution in [3.8, 4) is 11.5 Å². The lowest BCUT2D eigenvalue weighted by atomic mass is 10.2. The van der Waals surface area contributed by atoms with Crippen LogP contribution in [0.15, 0.2) is 54.6 Å². The summed E-state index contributed by atoms with van der Waals surface area (Å²) in [6.45, 7) is 0.675. The molecule has 6 heteroatoms. The van der Waals surface area contributed by atoms with Crippen LogP contribution in [-0.2, 0) is 25.5 Å². The molecule has 0 bridgehead atoms. The molecule has 0 aromatic heterocycles.